The van der Waals surface area contributed by atoms with Crippen molar-refractivity contribution >= 4 is 34.6 Å². The molecule has 1 aliphatic heterocycles. The van der Waals surface area contributed by atoms with Gasteiger partial charge >= 0.3 is 12.1 Å². The van der Waals surface area contributed by atoms with Crippen molar-refractivity contribution in [3.8, 4) is 0 Å². The highest BCUT2D eigenvalue weighted by Crippen LogP contribution is 2.48. The van der Waals surface area contributed by atoms with E-state index in [0.717, 1.165) is 7.11 Å². The highest BCUT2D eigenvalue weighted by Gasteiger charge is 2.56. The number of pyridine rings is 1. The quantitative estimate of drug-likeness (QED) is 0.436. The molecule has 0 spiro atoms. The number of fused-ring (bicyclic) bond motifs is 2. The van der Waals surface area contributed by atoms with Crippen LogP contribution < -0.4 is 5.32 Å². The van der Waals surface area contributed by atoms with Gasteiger partial charge in [-0.2, -0.15) is 18.3 Å². The maximum atomic E-state index is 13.3. The maximum Gasteiger partial charge on any atom is 0.389 e. The van der Waals surface area contributed by atoms with Crippen molar-refractivity contribution in [2.75, 3.05) is 7.11 Å². The number of hydrogen-bond acceptors (Lipinski definition) is 7. The van der Waals surface area contributed by atoms with Crippen LogP contribution in [0.3, 0.4) is 0 Å². The smallest absolute Gasteiger partial charge is 0.389 e. The van der Waals surface area contributed by atoms with Crippen LogP contribution in [0.15, 0.2) is 18.3 Å². The number of nitrogens with one attached hydrogen (secondary N) is 1. The number of likely N-dealkylation sites (tertiary alicyclic amines) is 1. The molecule has 1 saturated carbocycles. The standard InChI is InChI=1S/C22H24F3N5O5/c1-11(31)18-13-4-3-7-26-19(13)29(28-18)10-17(32)30-15-8-12(15)9-16(30)20(33)27-14(21(34)35-2)5-6-22(23,24)25/h3-4,7,12,14-16H,5-6,8-10H2,1-2H3,(H,27,33)/t12-,14?,15-,16+/m1/s1. The Morgan fingerprint density at radius 3 is 2.66 bits per heavy atom. The third-order valence-electron chi connectivity index (χ3n) is 6.34. The van der Waals surface area contributed by atoms with Crippen molar-refractivity contribution in [1.29, 1.82) is 0 Å². The molecule has 0 radical (unpaired) electrons. The predicted octanol–water partition coefficient (Wildman–Crippen LogP) is 1.62. The molecule has 3 heterocycles. The molecule has 2 aliphatic rings. The normalized spacial score (nSPS) is 22.0. The molecule has 2 fully saturated rings. The minimum absolute atomic E-state index is 0.0988. The molecule has 13 heteroatoms. The Balaban J connectivity index is 1.50. The van der Waals surface area contributed by atoms with Crippen LogP contribution in [0.25, 0.3) is 11.0 Å². The number of rotatable bonds is 8. The minimum atomic E-state index is -4.51. The SMILES string of the molecule is COC(=O)C(CCC(F)(F)F)NC(=O)[C@@H]1C[C@H]2C[C@H]2N1C(=O)Cn1nc(C(C)=O)c2cccnc21. The Labute approximate surface area is 197 Å². The molecule has 0 bridgehead atoms. The fourth-order valence-electron chi connectivity index (χ4n) is 4.61. The van der Waals surface area contributed by atoms with E-state index in [1.165, 1.54) is 22.7 Å². The Hall–Kier alpha value is -3.51. The van der Waals surface area contributed by atoms with Crippen molar-refractivity contribution in [2.45, 2.75) is 63.5 Å². The summed E-state index contributed by atoms with van der Waals surface area (Å²) in [4.78, 5) is 55.7. The first-order valence-corrected chi connectivity index (χ1v) is 11.1. The van der Waals surface area contributed by atoms with Gasteiger partial charge in [-0.05, 0) is 37.3 Å². The van der Waals surface area contributed by atoms with E-state index in [1.54, 1.807) is 12.1 Å². The average Bonchev–Trinajstić information content (AvgIpc) is 3.30. The second-order valence-electron chi connectivity index (χ2n) is 8.79. The second kappa shape index (κ2) is 9.27. The molecule has 1 aliphatic carbocycles. The summed E-state index contributed by atoms with van der Waals surface area (Å²) in [7, 11) is 1.02. The highest BCUT2D eigenvalue weighted by atomic mass is 19.4. The van der Waals surface area contributed by atoms with E-state index in [2.05, 4.69) is 20.1 Å². The molecule has 10 nitrogen and oxygen atoms in total. The summed E-state index contributed by atoms with van der Waals surface area (Å²) in [6, 6.07) is 0.720. The van der Waals surface area contributed by atoms with Gasteiger partial charge < -0.3 is 15.0 Å². The van der Waals surface area contributed by atoms with Gasteiger partial charge in [0.25, 0.3) is 0 Å². The van der Waals surface area contributed by atoms with Gasteiger partial charge in [-0.3, -0.25) is 14.4 Å². The number of methoxy groups -OCH3 is 1. The highest BCUT2D eigenvalue weighted by molar-refractivity contribution is 6.04. The Bertz CT molecular complexity index is 1180. The number of alkyl halides is 3. The van der Waals surface area contributed by atoms with Crippen molar-refractivity contribution < 1.29 is 37.1 Å². The number of aromatic nitrogens is 3. The third kappa shape index (κ3) is 5.13. The molecule has 2 aromatic heterocycles. The summed E-state index contributed by atoms with van der Waals surface area (Å²) in [5.74, 6) is -2.33. The van der Waals surface area contributed by atoms with Crippen LogP contribution in [-0.4, -0.2) is 74.6 Å². The lowest BCUT2D eigenvalue weighted by Gasteiger charge is -2.28. The van der Waals surface area contributed by atoms with Gasteiger partial charge in [0, 0.05) is 25.6 Å². The molecule has 188 valence electrons. The fraction of sp³-hybridized carbons (Fsp3) is 0.545. The van der Waals surface area contributed by atoms with Crippen molar-refractivity contribution in [2.24, 2.45) is 5.92 Å². The number of ether oxygens (including phenoxy) is 1. The topological polar surface area (TPSA) is 123 Å². The first-order valence-electron chi connectivity index (χ1n) is 11.1. The number of Topliss-reactive ketones (excluding diaryl/α,β-unsaturated/α-hetero) is 1. The molecule has 1 saturated heterocycles. The van der Waals surface area contributed by atoms with Gasteiger partial charge in [0.2, 0.25) is 11.8 Å². The van der Waals surface area contributed by atoms with Crippen molar-refractivity contribution in [1.82, 2.24) is 25.0 Å². The lowest BCUT2D eigenvalue weighted by Crippen LogP contribution is -2.53. The number of amides is 2. The molecule has 1 unspecified atom stereocenters. The van der Waals surface area contributed by atoms with Gasteiger partial charge in [-0.15, -0.1) is 0 Å². The summed E-state index contributed by atoms with van der Waals surface area (Å²) in [5, 5.41) is 7.06. The zero-order valence-corrected chi connectivity index (χ0v) is 19.0. The largest absolute Gasteiger partial charge is 0.467 e. The van der Waals surface area contributed by atoms with Crippen LogP contribution in [0.5, 0.6) is 0 Å². The summed E-state index contributed by atoms with van der Waals surface area (Å²) in [6.07, 6.45) is -3.90. The molecule has 1 N–H and O–H groups in total. The van der Waals surface area contributed by atoms with Gasteiger partial charge in [0.05, 0.1) is 12.5 Å². The number of carbonyl (C=O) groups is 4. The second-order valence-corrected chi connectivity index (χ2v) is 8.79. The van der Waals surface area contributed by atoms with E-state index in [0.29, 0.717) is 23.9 Å². The number of ketones is 1. The molecule has 4 rings (SSSR count). The van der Waals surface area contributed by atoms with Crippen LogP contribution in [0.4, 0.5) is 13.2 Å². The van der Waals surface area contributed by atoms with E-state index in [-0.39, 0.29) is 30.0 Å². The molecule has 4 atom stereocenters. The average molecular weight is 495 g/mol. The van der Waals surface area contributed by atoms with Crippen molar-refractivity contribution in [3.63, 3.8) is 0 Å². The van der Waals surface area contributed by atoms with Crippen LogP contribution >= 0.6 is 0 Å². The Kier molecular flexibility index (Phi) is 6.52. The summed E-state index contributed by atoms with van der Waals surface area (Å²) >= 11 is 0. The van der Waals surface area contributed by atoms with Crippen LogP contribution in [0.2, 0.25) is 0 Å². The maximum absolute atomic E-state index is 13.3. The van der Waals surface area contributed by atoms with E-state index in [1.807, 2.05) is 0 Å². The predicted molar refractivity (Wildman–Crippen MR) is 114 cm³/mol. The van der Waals surface area contributed by atoms with Crippen molar-refractivity contribution in [3.05, 3.63) is 24.0 Å². The zero-order chi connectivity index (χ0) is 25.5. The van der Waals surface area contributed by atoms with Gasteiger partial charge in [-0.1, -0.05) is 0 Å². The Morgan fingerprint density at radius 1 is 1.26 bits per heavy atom. The third-order valence-corrected chi connectivity index (χ3v) is 6.34. The minimum Gasteiger partial charge on any atom is -0.467 e. The molecular weight excluding hydrogens is 471 g/mol. The van der Waals surface area contributed by atoms with Crippen LogP contribution in [0, 0.1) is 5.92 Å². The number of hydrogen-bond donors (Lipinski definition) is 1. The fourth-order valence-corrected chi connectivity index (χ4v) is 4.61. The number of halogens is 3. The number of nitrogens with zero attached hydrogens (tertiary/aromatic N) is 4. The van der Waals surface area contributed by atoms with E-state index >= 15 is 0 Å². The lowest BCUT2D eigenvalue weighted by molar-refractivity contribution is -0.151. The first kappa shape index (κ1) is 24.6. The molecular formula is C22H24F3N5O5. The lowest BCUT2D eigenvalue weighted by atomic mass is 10.1. The molecule has 2 amide bonds. The van der Waals surface area contributed by atoms with E-state index < -0.39 is 48.9 Å². The Morgan fingerprint density at radius 2 is 2.00 bits per heavy atom. The van der Waals surface area contributed by atoms with E-state index in [4.69, 9.17) is 0 Å². The number of esters is 1. The zero-order valence-electron chi connectivity index (χ0n) is 19.0. The van der Waals surface area contributed by atoms with Gasteiger partial charge in [-0.25, -0.2) is 14.5 Å². The van der Waals surface area contributed by atoms with Crippen LogP contribution in [0.1, 0.15) is 43.1 Å². The molecule has 2 aromatic rings. The molecule has 35 heavy (non-hydrogen) atoms. The summed E-state index contributed by atoms with van der Waals surface area (Å²) in [5.41, 5.74) is 0.517. The van der Waals surface area contributed by atoms with E-state index in [9.17, 15) is 32.3 Å². The first-order chi connectivity index (χ1) is 16.5. The monoisotopic (exact) mass is 495 g/mol. The number of carbonyl (C=O) groups excluding carboxylic acids is 4. The number of piperidine rings is 1. The molecule has 0 aromatic carbocycles. The summed E-state index contributed by atoms with van der Waals surface area (Å²) < 4.78 is 43.8. The van der Waals surface area contributed by atoms with Gasteiger partial charge in [0.15, 0.2) is 11.4 Å². The van der Waals surface area contributed by atoms with Gasteiger partial charge in [0.1, 0.15) is 24.3 Å². The summed E-state index contributed by atoms with van der Waals surface area (Å²) in [6.45, 7) is 1.08. The van der Waals surface area contributed by atoms with Crippen LogP contribution in [-0.2, 0) is 25.7 Å².